The number of nitrogens with zero attached hydrogens (tertiary/aromatic N) is 2. The highest BCUT2D eigenvalue weighted by atomic mass is 35.5. The van der Waals surface area contributed by atoms with E-state index in [1.165, 1.54) is 13.3 Å². The molecule has 0 bridgehead atoms. The van der Waals surface area contributed by atoms with Gasteiger partial charge in [0.15, 0.2) is 0 Å². The number of hydrogen-bond acceptors (Lipinski definition) is 3. The summed E-state index contributed by atoms with van der Waals surface area (Å²) in [4.78, 5) is 18.7. The van der Waals surface area contributed by atoms with Crippen LogP contribution in [-0.4, -0.2) is 22.4 Å². The van der Waals surface area contributed by atoms with E-state index < -0.39 is 0 Å². The third-order valence-electron chi connectivity index (χ3n) is 2.44. The first-order chi connectivity index (χ1) is 9.16. The Hall–Kier alpha value is -2.12. The fourth-order valence-corrected chi connectivity index (χ4v) is 1.76. The Bertz CT molecular complexity index is 673. The largest absolute Gasteiger partial charge is 0.355 e. The van der Waals surface area contributed by atoms with Gasteiger partial charge in [-0.2, -0.15) is 0 Å². The summed E-state index contributed by atoms with van der Waals surface area (Å²) in [6, 6.07) is 5.61. The Morgan fingerprint density at radius 1 is 1.42 bits per heavy atom. The van der Waals surface area contributed by atoms with Gasteiger partial charge < -0.3 is 5.32 Å². The molecule has 2 rings (SSSR count). The van der Waals surface area contributed by atoms with Crippen LogP contribution >= 0.6 is 11.6 Å². The van der Waals surface area contributed by atoms with Crippen LogP contribution in [0.15, 0.2) is 24.5 Å². The van der Waals surface area contributed by atoms with Gasteiger partial charge in [0, 0.05) is 30.8 Å². The zero-order chi connectivity index (χ0) is 13.7. The first-order valence-electron chi connectivity index (χ1n) is 5.80. The maximum atomic E-state index is 10.7. The summed E-state index contributed by atoms with van der Waals surface area (Å²) in [5.41, 5.74) is 1.65. The van der Waals surface area contributed by atoms with Crippen LogP contribution in [0.2, 0.25) is 5.15 Å². The standard InChI is InChI=1S/C14H12ClN3O/c1-10(19)16-7-3-2-4-11-5-6-13-12(8-11)14(15)18-9-17-13/h5-6,8-9H,3,7H2,1H3,(H,16,19). The van der Waals surface area contributed by atoms with Gasteiger partial charge in [-0.05, 0) is 18.2 Å². The van der Waals surface area contributed by atoms with E-state index in [4.69, 9.17) is 11.6 Å². The molecule has 4 nitrogen and oxygen atoms in total. The third-order valence-corrected chi connectivity index (χ3v) is 2.74. The number of amides is 1. The Morgan fingerprint density at radius 3 is 3.05 bits per heavy atom. The zero-order valence-corrected chi connectivity index (χ0v) is 11.2. The zero-order valence-electron chi connectivity index (χ0n) is 10.4. The number of nitrogens with one attached hydrogen (secondary N) is 1. The first kappa shape index (κ1) is 13.3. The Labute approximate surface area is 116 Å². The molecule has 1 heterocycles. The van der Waals surface area contributed by atoms with Gasteiger partial charge >= 0.3 is 0 Å². The van der Waals surface area contributed by atoms with Gasteiger partial charge in [-0.15, -0.1) is 0 Å². The molecule has 0 saturated carbocycles. The van der Waals surface area contributed by atoms with Crippen LogP contribution in [0.3, 0.4) is 0 Å². The third kappa shape index (κ3) is 3.67. The molecular formula is C14H12ClN3O. The summed E-state index contributed by atoms with van der Waals surface area (Å²) in [7, 11) is 0. The molecule has 1 amide bonds. The molecule has 0 aliphatic heterocycles. The molecule has 0 unspecified atom stereocenters. The normalized spacial score (nSPS) is 9.79. The van der Waals surface area contributed by atoms with E-state index in [2.05, 4.69) is 27.1 Å². The Kier molecular flexibility index (Phi) is 4.32. The predicted molar refractivity (Wildman–Crippen MR) is 74.7 cm³/mol. The lowest BCUT2D eigenvalue weighted by Crippen LogP contribution is -2.20. The molecule has 0 radical (unpaired) electrons. The first-order valence-corrected chi connectivity index (χ1v) is 6.18. The minimum absolute atomic E-state index is 0.0450. The molecule has 1 N–H and O–H groups in total. The van der Waals surface area contributed by atoms with Crippen LogP contribution in [0.25, 0.3) is 10.9 Å². The fourth-order valence-electron chi connectivity index (χ4n) is 1.57. The number of halogens is 1. The van der Waals surface area contributed by atoms with Gasteiger partial charge in [0.25, 0.3) is 0 Å². The molecule has 0 spiro atoms. The van der Waals surface area contributed by atoms with Gasteiger partial charge in [-0.1, -0.05) is 23.4 Å². The van der Waals surface area contributed by atoms with Crippen molar-refractivity contribution in [3.05, 3.63) is 35.2 Å². The van der Waals surface area contributed by atoms with E-state index in [1.807, 2.05) is 18.2 Å². The highest BCUT2D eigenvalue weighted by molar-refractivity contribution is 6.34. The van der Waals surface area contributed by atoms with Crippen LogP contribution in [0, 0.1) is 11.8 Å². The lowest BCUT2D eigenvalue weighted by atomic mass is 10.1. The summed E-state index contributed by atoms with van der Waals surface area (Å²) < 4.78 is 0. The van der Waals surface area contributed by atoms with Crippen molar-refractivity contribution in [2.45, 2.75) is 13.3 Å². The van der Waals surface area contributed by atoms with Gasteiger partial charge in [0.05, 0.1) is 5.52 Å². The van der Waals surface area contributed by atoms with Crippen molar-refractivity contribution in [1.29, 1.82) is 0 Å². The Morgan fingerprint density at radius 2 is 2.26 bits per heavy atom. The number of aromatic nitrogens is 2. The summed E-state index contributed by atoms with van der Waals surface area (Å²) in [6.45, 7) is 2.04. The quantitative estimate of drug-likeness (QED) is 0.518. The van der Waals surface area contributed by atoms with Crippen molar-refractivity contribution >= 4 is 28.4 Å². The maximum Gasteiger partial charge on any atom is 0.216 e. The van der Waals surface area contributed by atoms with Crippen LogP contribution in [0.5, 0.6) is 0 Å². The number of rotatable bonds is 2. The summed E-state index contributed by atoms with van der Waals surface area (Å²) in [5.74, 6) is 5.97. The summed E-state index contributed by atoms with van der Waals surface area (Å²) >= 11 is 6.00. The predicted octanol–water partition coefficient (Wildman–Crippen LogP) is 2.16. The highest BCUT2D eigenvalue weighted by Gasteiger charge is 2.00. The number of carbonyl (C=O) groups excluding carboxylic acids is 1. The second-order valence-corrected chi connectivity index (χ2v) is 4.29. The van der Waals surface area contributed by atoms with Gasteiger partial charge in [0.1, 0.15) is 11.5 Å². The summed E-state index contributed by atoms with van der Waals surface area (Å²) in [5, 5.41) is 3.90. The topological polar surface area (TPSA) is 54.9 Å². The fraction of sp³-hybridized carbons (Fsp3) is 0.214. The molecular weight excluding hydrogens is 262 g/mol. The van der Waals surface area contributed by atoms with Crippen molar-refractivity contribution < 1.29 is 4.79 Å². The number of fused-ring (bicyclic) bond motifs is 1. The van der Waals surface area contributed by atoms with E-state index in [0.717, 1.165) is 16.5 Å². The molecule has 1 aromatic heterocycles. The van der Waals surface area contributed by atoms with E-state index >= 15 is 0 Å². The number of benzene rings is 1. The van der Waals surface area contributed by atoms with Crippen LogP contribution in [0.4, 0.5) is 0 Å². The molecule has 0 atom stereocenters. The average Bonchev–Trinajstić information content (AvgIpc) is 2.39. The minimum Gasteiger partial charge on any atom is -0.355 e. The molecule has 1 aromatic carbocycles. The molecule has 96 valence electrons. The van der Waals surface area contributed by atoms with Gasteiger partial charge in [-0.3, -0.25) is 4.79 Å². The molecule has 2 aromatic rings. The second kappa shape index (κ2) is 6.17. The second-order valence-electron chi connectivity index (χ2n) is 3.93. The summed E-state index contributed by atoms with van der Waals surface area (Å²) in [6.07, 6.45) is 2.04. The molecule has 0 fully saturated rings. The number of hydrogen-bond donors (Lipinski definition) is 1. The maximum absolute atomic E-state index is 10.7. The monoisotopic (exact) mass is 273 g/mol. The van der Waals surface area contributed by atoms with Crippen molar-refractivity contribution in [3.8, 4) is 11.8 Å². The van der Waals surface area contributed by atoms with Crippen LogP contribution in [-0.2, 0) is 4.79 Å². The van der Waals surface area contributed by atoms with Crippen molar-refractivity contribution in [3.63, 3.8) is 0 Å². The molecule has 5 heteroatoms. The molecule has 0 aliphatic rings. The average molecular weight is 274 g/mol. The van der Waals surface area contributed by atoms with Crippen molar-refractivity contribution in [2.24, 2.45) is 0 Å². The lowest BCUT2D eigenvalue weighted by Gasteiger charge is -1.99. The van der Waals surface area contributed by atoms with Crippen LogP contribution in [0.1, 0.15) is 18.9 Å². The van der Waals surface area contributed by atoms with E-state index in [-0.39, 0.29) is 5.91 Å². The van der Waals surface area contributed by atoms with Gasteiger partial charge in [0.2, 0.25) is 5.91 Å². The SMILES string of the molecule is CC(=O)NCCC#Cc1ccc2ncnc(Cl)c2c1. The van der Waals surface area contributed by atoms with Crippen molar-refractivity contribution in [1.82, 2.24) is 15.3 Å². The van der Waals surface area contributed by atoms with E-state index in [1.54, 1.807) is 0 Å². The van der Waals surface area contributed by atoms with E-state index in [9.17, 15) is 4.79 Å². The Balaban J connectivity index is 2.11. The minimum atomic E-state index is -0.0450. The van der Waals surface area contributed by atoms with Crippen LogP contribution < -0.4 is 5.32 Å². The molecule has 19 heavy (non-hydrogen) atoms. The van der Waals surface area contributed by atoms with E-state index in [0.29, 0.717) is 18.1 Å². The lowest BCUT2D eigenvalue weighted by molar-refractivity contribution is -0.118. The van der Waals surface area contributed by atoms with Gasteiger partial charge in [-0.25, -0.2) is 9.97 Å². The van der Waals surface area contributed by atoms with Crippen molar-refractivity contribution in [2.75, 3.05) is 6.54 Å². The molecule has 0 aliphatic carbocycles. The smallest absolute Gasteiger partial charge is 0.216 e. The molecule has 0 saturated heterocycles. The highest BCUT2D eigenvalue weighted by Crippen LogP contribution is 2.19. The number of carbonyl (C=O) groups is 1.